The van der Waals surface area contributed by atoms with E-state index in [0.29, 0.717) is 24.4 Å². The predicted molar refractivity (Wildman–Crippen MR) is 71.6 cm³/mol. The zero-order valence-electron chi connectivity index (χ0n) is 11.6. The Labute approximate surface area is 127 Å². The Morgan fingerprint density at radius 3 is 2.82 bits per heavy atom. The van der Waals surface area contributed by atoms with Crippen LogP contribution in [0.5, 0.6) is 0 Å². The van der Waals surface area contributed by atoms with Crippen molar-refractivity contribution in [1.29, 1.82) is 0 Å². The van der Waals surface area contributed by atoms with Crippen molar-refractivity contribution in [2.24, 2.45) is 0 Å². The summed E-state index contributed by atoms with van der Waals surface area (Å²) < 4.78 is 41.6. The lowest BCUT2D eigenvalue weighted by atomic mass is 10.1. The minimum atomic E-state index is -4.64. The van der Waals surface area contributed by atoms with Crippen molar-refractivity contribution in [2.45, 2.75) is 25.4 Å². The molecule has 3 rings (SSSR count). The molecule has 2 aromatic rings. The highest BCUT2D eigenvalue weighted by Crippen LogP contribution is 2.31. The maximum atomic E-state index is 12.5. The minimum Gasteiger partial charge on any atom is -0.337 e. The molecule has 0 radical (unpaired) electrons. The summed E-state index contributed by atoms with van der Waals surface area (Å²) in [6.07, 6.45) is -4.12. The summed E-state index contributed by atoms with van der Waals surface area (Å²) >= 11 is 1.40. The highest BCUT2D eigenvalue weighted by Gasteiger charge is 2.40. The third-order valence-corrected chi connectivity index (χ3v) is 4.46. The van der Waals surface area contributed by atoms with Crippen molar-refractivity contribution in [3.05, 3.63) is 33.6 Å². The van der Waals surface area contributed by atoms with Crippen molar-refractivity contribution in [3.63, 3.8) is 0 Å². The number of carbonyl (C=O) groups is 1. The van der Waals surface area contributed by atoms with Crippen LogP contribution in [0.25, 0.3) is 0 Å². The van der Waals surface area contributed by atoms with E-state index in [4.69, 9.17) is 0 Å². The molecular formula is C13H12F3N3O2S. The number of rotatable bonds is 2. The topological polar surface area (TPSA) is 59.2 Å². The number of alkyl halides is 3. The van der Waals surface area contributed by atoms with Crippen LogP contribution in [-0.4, -0.2) is 34.0 Å². The first kappa shape index (κ1) is 15.0. The summed E-state index contributed by atoms with van der Waals surface area (Å²) in [5, 5.41) is 3.39. The van der Waals surface area contributed by atoms with Crippen LogP contribution in [0.1, 0.15) is 38.6 Å². The average molecular weight is 331 g/mol. The molecule has 1 aliphatic rings. The molecule has 118 valence electrons. The highest BCUT2D eigenvalue weighted by molar-refractivity contribution is 7.13. The standard InChI is InChI=1S/C13H12F3N3O2S/c1-7-2-3-9(22-7)11(20)19-5-4-8(6-19)10-17-12(21-18-10)13(14,15)16/h2-3,8H,4-6H2,1H3/t8-/m0/s1. The van der Waals surface area contributed by atoms with Crippen LogP contribution in [0.4, 0.5) is 13.2 Å². The maximum absolute atomic E-state index is 12.5. The van der Waals surface area contributed by atoms with Crippen LogP contribution >= 0.6 is 11.3 Å². The lowest BCUT2D eigenvalue weighted by molar-refractivity contribution is -0.159. The van der Waals surface area contributed by atoms with Crippen LogP contribution in [0, 0.1) is 6.92 Å². The average Bonchev–Trinajstić information content (AvgIpc) is 3.16. The van der Waals surface area contributed by atoms with Gasteiger partial charge in [-0.2, -0.15) is 18.2 Å². The van der Waals surface area contributed by atoms with Gasteiger partial charge in [0.1, 0.15) is 0 Å². The van der Waals surface area contributed by atoms with E-state index in [-0.39, 0.29) is 17.6 Å². The van der Waals surface area contributed by atoms with E-state index in [1.54, 1.807) is 11.0 Å². The van der Waals surface area contributed by atoms with Gasteiger partial charge in [-0.05, 0) is 25.5 Å². The molecule has 1 aliphatic heterocycles. The fraction of sp³-hybridized carbons (Fsp3) is 0.462. The van der Waals surface area contributed by atoms with E-state index in [9.17, 15) is 18.0 Å². The molecule has 2 aromatic heterocycles. The Hall–Kier alpha value is -1.90. The lowest BCUT2D eigenvalue weighted by Gasteiger charge is -2.14. The van der Waals surface area contributed by atoms with E-state index in [1.807, 2.05) is 13.0 Å². The van der Waals surface area contributed by atoms with E-state index in [1.165, 1.54) is 11.3 Å². The number of hydrogen-bond donors (Lipinski definition) is 0. The molecule has 1 saturated heterocycles. The molecule has 0 unspecified atom stereocenters. The van der Waals surface area contributed by atoms with Gasteiger partial charge in [0, 0.05) is 23.9 Å². The molecule has 0 aliphatic carbocycles. The van der Waals surface area contributed by atoms with Crippen molar-refractivity contribution in [2.75, 3.05) is 13.1 Å². The van der Waals surface area contributed by atoms with Crippen molar-refractivity contribution in [1.82, 2.24) is 15.0 Å². The Kier molecular flexibility index (Phi) is 3.67. The summed E-state index contributed by atoms with van der Waals surface area (Å²) in [6, 6.07) is 3.62. The fourth-order valence-electron chi connectivity index (χ4n) is 2.38. The van der Waals surface area contributed by atoms with Gasteiger partial charge in [-0.25, -0.2) is 0 Å². The largest absolute Gasteiger partial charge is 0.471 e. The molecule has 0 N–H and O–H groups in total. The van der Waals surface area contributed by atoms with Crippen LogP contribution in [0.15, 0.2) is 16.7 Å². The Balaban J connectivity index is 1.70. The molecule has 1 amide bonds. The van der Waals surface area contributed by atoms with Crippen LogP contribution in [0.2, 0.25) is 0 Å². The summed E-state index contributed by atoms with van der Waals surface area (Å²) in [6.45, 7) is 2.68. The third-order valence-electron chi connectivity index (χ3n) is 3.48. The van der Waals surface area contributed by atoms with E-state index in [0.717, 1.165) is 4.88 Å². The van der Waals surface area contributed by atoms with E-state index < -0.39 is 12.1 Å². The van der Waals surface area contributed by atoms with Crippen molar-refractivity contribution >= 4 is 17.2 Å². The Morgan fingerprint density at radius 2 is 2.23 bits per heavy atom. The third kappa shape index (κ3) is 2.85. The summed E-state index contributed by atoms with van der Waals surface area (Å²) in [5.41, 5.74) is 0. The van der Waals surface area contributed by atoms with Gasteiger partial charge >= 0.3 is 12.1 Å². The Bertz CT molecular complexity index is 695. The van der Waals surface area contributed by atoms with Crippen LogP contribution in [-0.2, 0) is 6.18 Å². The molecule has 0 bridgehead atoms. The van der Waals surface area contributed by atoms with Crippen LogP contribution < -0.4 is 0 Å². The Morgan fingerprint density at radius 1 is 1.45 bits per heavy atom. The summed E-state index contributed by atoms with van der Waals surface area (Å²) in [4.78, 5) is 19.0. The molecule has 1 fully saturated rings. The number of aryl methyl sites for hydroxylation is 1. The van der Waals surface area contributed by atoms with E-state index in [2.05, 4.69) is 14.7 Å². The molecule has 1 atom stereocenters. The minimum absolute atomic E-state index is 0.00462. The number of hydrogen-bond acceptors (Lipinski definition) is 5. The van der Waals surface area contributed by atoms with Crippen LogP contribution in [0.3, 0.4) is 0 Å². The van der Waals surface area contributed by atoms with Gasteiger partial charge in [0.25, 0.3) is 5.91 Å². The zero-order chi connectivity index (χ0) is 15.9. The zero-order valence-corrected chi connectivity index (χ0v) is 12.4. The van der Waals surface area contributed by atoms with Gasteiger partial charge < -0.3 is 9.42 Å². The number of halogens is 3. The number of carbonyl (C=O) groups excluding carboxylic acids is 1. The smallest absolute Gasteiger partial charge is 0.337 e. The molecular weight excluding hydrogens is 319 g/mol. The first-order chi connectivity index (χ1) is 10.3. The molecule has 0 saturated carbocycles. The van der Waals surface area contributed by atoms with Gasteiger partial charge in [0.05, 0.1) is 4.88 Å². The number of likely N-dealkylation sites (tertiary alicyclic amines) is 1. The first-order valence-corrected chi connectivity index (χ1v) is 7.43. The highest BCUT2D eigenvalue weighted by atomic mass is 32.1. The monoisotopic (exact) mass is 331 g/mol. The summed E-state index contributed by atoms with van der Waals surface area (Å²) in [5.74, 6) is -1.78. The number of aromatic nitrogens is 2. The lowest BCUT2D eigenvalue weighted by Crippen LogP contribution is -2.27. The van der Waals surface area contributed by atoms with Gasteiger partial charge in [-0.3, -0.25) is 4.79 Å². The number of nitrogens with zero attached hydrogens (tertiary/aromatic N) is 3. The SMILES string of the molecule is Cc1ccc(C(=O)N2CC[C@H](c3noc(C(F)(F)F)n3)C2)s1. The maximum Gasteiger partial charge on any atom is 0.471 e. The molecule has 5 nitrogen and oxygen atoms in total. The molecule has 0 aromatic carbocycles. The van der Waals surface area contributed by atoms with E-state index >= 15 is 0 Å². The second kappa shape index (κ2) is 5.38. The van der Waals surface area contributed by atoms with Gasteiger partial charge in [-0.1, -0.05) is 5.16 Å². The number of thiophene rings is 1. The van der Waals surface area contributed by atoms with Gasteiger partial charge in [0.2, 0.25) is 0 Å². The van der Waals surface area contributed by atoms with Crippen molar-refractivity contribution < 1.29 is 22.5 Å². The second-order valence-corrected chi connectivity index (χ2v) is 6.39. The molecule has 0 spiro atoms. The summed E-state index contributed by atoms with van der Waals surface area (Å²) in [7, 11) is 0. The molecule has 9 heteroatoms. The second-order valence-electron chi connectivity index (χ2n) is 5.10. The normalized spacial score (nSPS) is 18.9. The quantitative estimate of drug-likeness (QED) is 0.848. The van der Waals surface area contributed by atoms with Gasteiger partial charge in [-0.15, -0.1) is 11.3 Å². The molecule has 3 heterocycles. The van der Waals surface area contributed by atoms with Gasteiger partial charge in [0.15, 0.2) is 5.82 Å². The molecule has 22 heavy (non-hydrogen) atoms. The number of amides is 1. The predicted octanol–water partition coefficient (Wildman–Crippen LogP) is 3.09. The fourth-order valence-corrected chi connectivity index (χ4v) is 3.21. The first-order valence-electron chi connectivity index (χ1n) is 6.61. The van der Waals surface area contributed by atoms with Crippen molar-refractivity contribution in [3.8, 4) is 0 Å².